The molecule has 0 fully saturated rings. The SMILES string of the molecule is FC(F)(F)c1ccc(CBr)cc1-c1ccccc1. The summed E-state index contributed by atoms with van der Waals surface area (Å²) in [4.78, 5) is 0. The highest BCUT2D eigenvalue weighted by atomic mass is 79.9. The van der Waals surface area contributed by atoms with Crippen LogP contribution >= 0.6 is 15.9 Å². The van der Waals surface area contributed by atoms with Gasteiger partial charge in [-0.2, -0.15) is 13.2 Å². The molecule has 0 nitrogen and oxygen atoms in total. The monoisotopic (exact) mass is 314 g/mol. The largest absolute Gasteiger partial charge is 0.417 e. The van der Waals surface area contributed by atoms with Gasteiger partial charge in [0.15, 0.2) is 0 Å². The number of hydrogen-bond donors (Lipinski definition) is 0. The van der Waals surface area contributed by atoms with E-state index < -0.39 is 11.7 Å². The quantitative estimate of drug-likeness (QED) is 0.663. The number of hydrogen-bond acceptors (Lipinski definition) is 0. The summed E-state index contributed by atoms with van der Waals surface area (Å²) in [5.41, 5.74) is 1.02. The van der Waals surface area contributed by atoms with Crippen LogP contribution in [0.5, 0.6) is 0 Å². The van der Waals surface area contributed by atoms with Crippen molar-refractivity contribution in [3.05, 3.63) is 59.7 Å². The molecule has 4 heteroatoms. The molecule has 0 aromatic heterocycles. The summed E-state index contributed by atoms with van der Waals surface area (Å²) >= 11 is 3.26. The molecule has 2 rings (SSSR count). The second-order valence-electron chi connectivity index (χ2n) is 3.88. The minimum Gasteiger partial charge on any atom is -0.166 e. The van der Waals surface area contributed by atoms with Crippen molar-refractivity contribution >= 4 is 15.9 Å². The Labute approximate surface area is 112 Å². The van der Waals surface area contributed by atoms with Crippen molar-refractivity contribution in [3.63, 3.8) is 0 Å². The highest BCUT2D eigenvalue weighted by molar-refractivity contribution is 9.08. The summed E-state index contributed by atoms with van der Waals surface area (Å²) in [6.45, 7) is 0. The molecule has 0 N–H and O–H groups in total. The van der Waals surface area contributed by atoms with Gasteiger partial charge >= 0.3 is 6.18 Å². The van der Waals surface area contributed by atoms with E-state index in [2.05, 4.69) is 15.9 Å². The van der Waals surface area contributed by atoms with Gasteiger partial charge in [-0.25, -0.2) is 0 Å². The van der Waals surface area contributed by atoms with Crippen LogP contribution in [0.4, 0.5) is 13.2 Å². The molecule has 0 spiro atoms. The van der Waals surface area contributed by atoms with Gasteiger partial charge in [0, 0.05) is 5.33 Å². The van der Waals surface area contributed by atoms with E-state index in [1.54, 1.807) is 36.4 Å². The van der Waals surface area contributed by atoms with E-state index in [1.807, 2.05) is 0 Å². The van der Waals surface area contributed by atoms with Crippen LogP contribution in [0.15, 0.2) is 48.5 Å². The lowest BCUT2D eigenvalue weighted by Crippen LogP contribution is -2.07. The maximum atomic E-state index is 13.0. The third kappa shape index (κ3) is 2.75. The predicted octanol–water partition coefficient (Wildman–Crippen LogP) is 5.27. The van der Waals surface area contributed by atoms with Gasteiger partial charge < -0.3 is 0 Å². The molecule has 0 saturated carbocycles. The van der Waals surface area contributed by atoms with Crippen molar-refractivity contribution < 1.29 is 13.2 Å². The zero-order valence-electron chi connectivity index (χ0n) is 9.34. The van der Waals surface area contributed by atoms with E-state index in [-0.39, 0.29) is 5.56 Å². The molecule has 0 aliphatic heterocycles. The lowest BCUT2D eigenvalue weighted by Gasteiger charge is -2.14. The van der Waals surface area contributed by atoms with Gasteiger partial charge in [0.05, 0.1) is 5.56 Å². The molecular weight excluding hydrogens is 305 g/mol. The second kappa shape index (κ2) is 5.14. The van der Waals surface area contributed by atoms with Gasteiger partial charge in [0.25, 0.3) is 0 Å². The van der Waals surface area contributed by atoms with Crippen LogP contribution in [0.1, 0.15) is 11.1 Å². The fraction of sp³-hybridized carbons (Fsp3) is 0.143. The molecule has 0 amide bonds. The molecular formula is C14H10BrF3. The summed E-state index contributed by atoms with van der Waals surface area (Å²) in [6.07, 6.45) is -4.34. The van der Waals surface area contributed by atoms with E-state index in [4.69, 9.17) is 0 Å². The number of rotatable bonds is 2. The molecule has 0 aliphatic rings. The van der Waals surface area contributed by atoms with E-state index in [0.29, 0.717) is 10.9 Å². The van der Waals surface area contributed by atoms with Crippen LogP contribution in [-0.2, 0) is 11.5 Å². The Kier molecular flexibility index (Phi) is 3.76. The minimum atomic E-state index is -4.34. The number of benzene rings is 2. The van der Waals surface area contributed by atoms with E-state index in [1.165, 1.54) is 6.07 Å². The maximum Gasteiger partial charge on any atom is 0.417 e. The third-order valence-electron chi connectivity index (χ3n) is 2.63. The standard InChI is InChI=1S/C14H10BrF3/c15-9-10-6-7-13(14(16,17)18)12(8-10)11-4-2-1-3-5-11/h1-8H,9H2. The average molecular weight is 315 g/mol. The fourth-order valence-electron chi connectivity index (χ4n) is 1.78. The molecule has 0 heterocycles. The van der Waals surface area contributed by atoms with Crippen LogP contribution in [0, 0.1) is 0 Å². The Hall–Kier alpha value is -1.29. The van der Waals surface area contributed by atoms with Crippen molar-refractivity contribution in [1.82, 2.24) is 0 Å². The summed E-state index contributed by atoms with van der Waals surface area (Å²) in [7, 11) is 0. The van der Waals surface area contributed by atoms with Crippen LogP contribution < -0.4 is 0 Å². The van der Waals surface area contributed by atoms with Gasteiger partial charge in [-0.3, -0.25) is 0 Å². The molecule has 2 aromatic carbocycles. The maximum absolute atomic E-state index is 13.0. The second-order valence-corrected chi connectivity index (χ2v) is 4.44. The van der Waals surface area contributed by atoms with Crippen LogP contribution in [0.2, 0.25) is 0 Å². The number of alkyl halides is 4. The predicted molar refractivity (Wildman–Crippen MR) is 69.5 cm³/mol. The molecule has 0 atom stereocenters. The van der Waals surface area contributed by atoms with Crippen molar-refractivity contribution in [1.29, 1.82) is 0 Å². The summed E-state index contributed by atoms with van der Waals surface area (Å²) in [6, 6.07) is 12.8. The van der Waals surface area contributed by atoms with Gasteiger partial charge in [-0.15, -0.1) is 0 Å². The first kappa shape index (κ1) is 13.1. The first-order valence-electron chi connectivity index (χ1n) is 5.34. The van der Waals surface area contributed by atoms with Gasteiger partial charge in [-0.1, -0.05) is 52.3 Å². The summed E-state index contributed by atoms with van der Waals surface area (Å²) < 4.78 is 38.9. The van der Waals surface area contributed by atoms with E-state index >= 15 is 0 Å². The summed E-state index contributed by atoms with van der Waals surface area (Å²) in [5.74, 6) is 0. The zero-order chi connectivity index (χ0) is 13.2. The molecule has 94 valence electrons. The molecule has 0 unspecified atom stereocenters. The van der Waals surface area contributed by atoms with Crippen molar-refractivity contribution in [2.75, 3.05) is 0 Å². The molecule has 2 aromatic rings. The molecule has 0 bridgehead atoms. The van der Waals surface area contributed by atoms with Crippen LogP contribution in [0.3, 0.4) is 0 Å². The highest BCUT2D eigenvalue weighted by Crippen LogP contribution is 2.37. The Morgan fingerprint density at radius 1 is 0.944 bits per heavy atom. The summed E-state index contributed by atoms with van der Waals surface area (Å²) in [5, 5.41) is 0.533. The number of halogens is 4. The Balaban J connectivity index is 2.62. The topological polar surface area (TPSA) is 0 Å². The van der Waals surface area contributed by atoms with Crippen LogP contribution in [-0.4, -0.2) is 0 Å². The van der Waals surface area contributed by atoms with Crippen molar-refractivity contribution in [2.24, 2.45) is 0 Å². The normalized spacial score (nSPS) is 11.6. The Morgan fingerprint density at radius 2 is 1.61 bits per heavy atom. The first-order valence-corrected chi connectivity index (χ1v) is 6.46. The van der Waals surface area contributed by atoms with Gasteiger partial charge in [0.1, 0.15) is 0 Å². The van der Waals surface area contributed by atoms with Crippen molar-refractivity contribution in [2.45, 2.75) is 11.5 Å². The van der Waals surface area contributed by atoms with Crippen molar-refractivity contribution in [3.8, 4) is 11.1 Å². The minimum absolute atomic E-state index is 0.222. The highest BCUT2D eigenvalue weighted by Gasteiger charge is 2.33. The molecule has 0 aliphatic carbocycles. The smallest absolute Gasteiger partial charge is 0.166 e. The average Bonchev–Trinajstić information content (AvgIpc) is 2.38. The lowest BCUT2D eigenvalue weighted by molar-refractivity contribution is -0.137. The van der Waals surface area contributed by atoms with Gasteiger partial charge in [-0.05, 0) is 28.8 Å². The zero-order valence-corrected chi connectivity index (χ0v) is 10.9. The lowest BCUT2D eigenvalue weighted by atomic mass is 9.97. The van der Waals surface area contributed by atoms with E-state index in [0.717, 1.165) is 11.6 Å². The molecule has 0 radical (unpaired) electrons. The van der Waals surface area contributed by atoms with Crippen LogP contribution in [0.25, 0.3) is 11.1 Å². The van der Waals surface area contributed by atoms with Gasteiger partial charge in [0.2, 0.25) is 0 Å². The fourth-order valence-corrected chi connectivity index (χ4v) is 2.13. The molecule has 0 saturated heterocycles. The molecule has 18 heavy (non-hydrogen) atoms. The Bertz CT molecular complexity index is 532. The Morgan fingerprint density at radius 3 is 2.17 bits per heavy atom. The first-order chi connectivity index (χ1) is 8.52. The third-order valence-corrected chi connectivity index (χ3v) is 3.28. The van der Waals surface area contributed by atoms with E-state index in [9.17, 15) is 13.2 Å².